The first-order valence-corrected chi connectivity index (χ1v) is 7.97. The van der Waals surface area contributed by atoms with Crippen LogP contribution in [0.3, 0.4) is 0 Å². The summed E-state index contributed by atoms with van der Waals surface area (Å²) in [5.74, 6) is 6.59. The van der Waals surface area contributed by atoms with Crippen LogP contribution in [-0.4, -0.2) is 49.1 Å². The van der Waals surface area contributed by atoms with E-state index in [1.54, 1.807) is 0 Å². The molecule has 0 saturated carbocycles. The van der Waals surface area contributed by atoms with Gasteiger partial charge in [0, 0.05) is 26.2 Å². The average molecular weight is 302 g/mol. The van der Waals surface area contributed by atoms with Gasteiger partial charge in [-0.3, -0.25) is 0 Å². The minimum Gasteiger partial charge on any atom is -0.369 e. The van der Waals surface area contributed by atoms with Gasteiger partial charge in [-0.25, -0.2) is 28.5 Å². The largest absolute Gasteiger partial charge is 0.369 e. The molecule has 0 atom stereocenters. The molecule has 9 heteroatoms. The maximum Gasteiger partial charge on any atom is 0.215 e. The molecule has 0 aliphatic rings. The fraction of sp³-hybridized carbons (Fsp3) is 0.636. The molecule has 114 valence electrons. The Morgan fingerprint density at radius 1 is 1.30 bits per heavy atom. The molecule has 0 saturated heterocycles. The standard InChI is InChI=1S/C11H22N6O2S/c1-4-5-9-10(14-8-15-11(9)16-12)13-6-7-20(18,19)17(2)3/h8H,4-7,12H2,1-3H3,(H2,13,14,15,16). The normalized spacial score (nSPS) is 11.7. The smallest absolute Gasteiger partial charge is 0.215 e. The van der Waals surface area contributed by atoms with Gasteiger partial charge in [0.2, 0.25) is 10.0 Å². The van der Waals surface area contributed by atoms with Gasteiger partial charge in [0.1, 0.15) is 18.0 Å². The lowest BCUT2D eigenvalue weighted by atomic mass is 10.1. The summed E-state index contributed by atoms with van der Waals surface area (Å²) in [6, 6.07) is 0. The molecule has 0 aliphatic carbocycles. The number of hydrogen-bond donors (Lipinski definition) is 3. The summed E-state index contributed by atoms with van der Waals surface area (Å²) in [5.41, 5.74) is 3.39. The number of anilines is 2. The van der Waals surface area contributed by atoms with Gasteiger partial charge in [0.25, 0.3) is 0 Å². The van der Waals surface area contributed by atoms with Crippen LogP contribution in [0.15, 0.2) is 6.33 Å². The Morgan fingerprint density at radius 2 is 1.95 bits per heavy atom. The summed E-state index contributed by atoms with van der Waals surface area (Å²) in [4.78, 5) is 8.19. The molecule has 8 nitrogen and oxygen atoms in total. The number of hydrazine groups is 1. The SMILES string of the molecule is CCCc1c(NN)ncnc1NCCS(=O)(=O)N(C)C. The lowest BCUT2D eigenvalue weighted by molar-refractivity contribution is 0.521. The highest BCUT2D eigenvalue weighted by Gasteiger charge is 2.14. The van der Waals surface area contributed by atoms with Crippen LogP contribution in [0.1, 0.15) is 18.9 Å². The molecular formula is C11H22N6O2S. The van der Waals surface area contributed by atoms with E-state index in [0.29, 0.717) is 11.6 Å². The van der Waals surface area contributed by atoms with Crippen LogP contribution in [0.2, 0.25) is 0 Å². The van der Waals surface area contributed by atoms with E-state index in [1.807, 2.05) is 6.92 Å². The van der Waals surface area contributed by atoms with Crippen LogP contribution in [0, 0.1) is 0 Å². The van der Waals surface area contributed by atoms with Crippen LogP contribution in [-0.2, 0) is 16.4 Å². The number of sulfonamides is 1. The molecule has 1 heterocycles. The van der Waals surface area contributed by atoms with Gasteiger partial charge in [0.05, 0.1) is 5.75 Å². The zero-order valence-electron chi connectivity index (χ0n) is 12.0. The molecule has 0 bridgehead atoms. The van der Waals surface area contributed by atoms with Gasteiger partial charge in [-0.05, 0) is 6.42 Å². The van der Waals surface area contributed by atoms with Crippen molar-refractivity contribution in [3.05, 3.63) is 11.9 Å². The first-order valence-electron chi connectivity index (χ1n) is 6.37. The zero-order valence-corrected chi connectivity index (χ0v) is 12.9. The summed E-state index contributed by atoms with van der Waals surface area (Å²) in [6.45, 7) is 2.31. The second-order valence-electron chi connectivity index (χ2n) is 4.47. The van der Waals surface area contributed by atoms with E-state index in [0.717, 1.165) is 18.4 Å². The molecular weight excluding hydrogens is 280 g/mol. The molecule has 0 aliphatic heterocycles. The first-order chi connectivity index (χ1) is 9.42. The Kier molecular flexibility index (Phi) is 6.11. The zero-order chi connectivity index (χ0) is 15.2. The predicted molar refractivity (Wildman–Crippen MR) is 79.8 cm³/mol. The Hall–Kier alpha value is -1.45. The Labute approximate surface area is 119 Å². The first kappa shape index (κ1) is 16.6. The number of rotatable bonds is 8. The minimum atomic E-state index is -3.22. The highest BCUT2D eigenvalue weighted by atomic mass is 32.2. The summed E-state index contributed by atoms with van der Waals surface area (Å²) in [7, 11) is -0.196. The summed E-state index contributed by atoms with van der Waals surface area (Å²) < 4.78 is 24.6. The molecule has 1 aromatic heterocycles. The van der Waals surface area contributed by atoms with Crippen molar-refractivity contribution in [2.45, 2.75) is 19.8 Å². The monoisotopic (exact) mass is 302 g/mol. The Morgan fingerprint density at radius 3 is 2.50 bits per heavy atom. The van der Waals surface area contributed by atoms with Crippen molar-refractivity contribution >= 4 is 21.7 Å². The van der Waals surface area contributed by atoms with E-state index in [-0.39, 0.29) is 12.3 Å². The quantitative estimate of drug-likeness (QED) is 0.458. The van der Waals surface area contributed by atoms with E-state index in [4.69, 9.17) is 5.84 Å². The number of hydrogen-bond acceptors (Lipinski definition) is 7. The third kappa shape index (κ3) is 4.29. The minimum absolute atomic E-state index is 0.000947. The van der Waals surface area contributed by atoms with Crippen LogP contribution >= 0.6 is 0 Å². The number of nitrogens with one attached hydrogen (secondary N) is 2. The van der Waals surface area contributed by atoms with E-state index in [1.165, 1.54) is 24.7 Å². The molecule has 0 radical (unpaired) electrons. The highest BCUT2D eigenvalue weighted by Crippen LogP contribution is 2.20. The van der Waals surface area contributed by atoms with E-state index < -0.39 is 10.0 Å². The van der Waals surface area contributed by atoms with E-state index in [9.17, 15) is 8.42 Å². The van der Waals surface area contributed by atoms with Gasteiger partial charge in [-0.2, -0.15) is 0 Å². The Bertz CT molecular complexity index is 532. The number of nitrogen functional groups attached to an aromatic ring is 1. The number of aromatic nitrogens is 2. The van der Waals surface area contributed by atoms with Gasteiger partial charge < -0.3 is 10.7 Å². The van der Waals surface area contributed by atoms with Crippen LogP contribution in [0.25, 0.3) is 0 Å². The van der Waals surface area contributed by atoms with Crippen molar-refractivity contribution < 1.29 is 8.42 Å². The molecule has 0 aromatic carbocycles. The van der Waals surface area contributed by atoms with Crippen molar-refractivity contribution in [2.75, 3.05) is 37.1 Å². The fourth-order valence-electron chi connectivity index (χ4n) is 1.66. The van der Waals surface area contributed by atoms with Gasteiger partial charge in [0.15, 0.2) is 0 Å². The van der Waals surface area contributed by atoms with E-state index in [2.05, 4.69) is 20.7 Å². The molecule has 0 amide bonds. The van der Waals surface area contributed by atoms with Crippen molar-refractivity contribution in [1.29, 1.82) is 0 Å². The van der Waals surface area contributed by atoms with E-state index >= 15 is 0 Å². The van der Waals surface area contributed by atoms with Crippen molar-refractivity contribution in [3.8, 4) is 0 Å². The third-order valence-corrected chi connectivity index (χ3v) is 4.62. The molecule has 20 heavy (non-hydrogen) atoms. The number of nitrogens with zero attached hydrogens (tertiary/aromatic N) is 3. The second kappa shape index (κ2) is 7.36. The highest BCUT2D eigenvalue weighted by molar-refractivity contribution is 7.89. The lowest BCUT2D eigenvalue weighted by Gasteiger charge is -2.15. The number of nitrogens with two attached hydrogens (primary N) is 1. The molecule has 4 N–H and O–H groups in total. The summed E-state index contributed by atoms with van der Waals surface area (Å²) >= 11 is 0. The van der Waals surface area contributed by atoms with Crippen LogP contribution in [0.5, 0.6) is 0 Å². The lowest BCUT2D eigenvalue weighted by Crippen LogP contribution is -2.28. The molecule has 0 unspecified atom stereocenters. The van der Waals surface area contributed by atoms with Crippen molar-refractivity contribution in [1.82, 2.24) is 14.3 Å². The second-order valence-corrected chi connectivity index (χ2v) is 6.77. The topological polar surface area (TPSA) is 113 Å². The fourth-order valence-corrected chi connectivity index (χ4v) is 2.38. The maximum absolute atomic E-state index is 11.7. The average Bonchev–Trinajstić information content (AvgIpc) is 2.40. The van der Waals surface area contributed by atoms with Crippen molar-refractivity contribution in [2.24, 2.45) is 5.84 Å². The molecule has 1 rings (SSSR count). The van der Waals surface area contributed by atoms with Crippen molar-refractivity contribution in [3.63, 3.8) is 0 Å². The maximum atomic E-state index is 11.7. The summed E-state index contributed by atoms with van der Waals surface area (Å²) in [6.07, 6.45) is 3.05. The molecule has 1 aromatic rings. The van der Waals surface area contributed by atoms with Gasteiger partial charge in [-0.15, -0.1) is 0 Å². The predicted octanol–water partition coefficient (Wildman–Crippen LogP) is 0.0180. The van der Waals surface area contributed by atoms with Gasteiger partial charge >= 0.3 is 0 Å². The summed E-state index contributed by atoms with van der Waals surface area (Å²) in [5, 5.41) is 3.03. The van der Waals surface area contributed by atoms with Crippen LogP contribution in [0.4, 0.5) is 11.6 Å². The molecule has 0 spiro atoms. The van der Waals surface area contributed by atoms with Crippen LogP contribution < -0.4 is 16.6 Å². The molecule has 0 fully saturated rings. The third-order valence-electron chi connectivity index (χ3n) is 2.79. The van der Waals surface area contributed by atoms with Gasteiger partial charge in [-0.1, -0.05) is 13.3 Å². The Balaban J connectivity index is 2.78.